The van der Waals surface area contributed by atoms with Crippen molar-refractivity contribution in [3.05, 3.63) is 17.3 Å². The summed E-state index contributed by atoms with van der Waals surface area (Å²) in [7, 11) is 0. The molecule has 0 bridgehead atoms. The topological polar surface area (TPSA) is 29.0 Å². The van der Waals surface area contributed by atoms with Crippen molar-refractivity contribution < 1.29 is 0 Å². The first-order valence-corrected chi connectivity index (χ1v) is 4.95. The second-order valence-electron chi connectivity index (χ2n) is 3.23. The van der Waals surface area contributed by atoms with Gasteiger partial charge in [0, 0.05) is 12.6 Å². The number of aromatic nitrogens is 2. The van der Waals surface area contributed by atoms with E-state index >= 15 is 0 Å². The second-order valence-corrected chi connectivity index (χ2v) is 3.62. The quantitative estimate of drug-likeness (QED) is 0.744. The van der Waals surface area contributed by atoms with Crippen LogP contribution in [0.3, 0.4) is 0 Å². The highest BCUT2D eigenvalue weighted by Crippen LogP contribution is 2.29. The average molecular weight is 198 g/mol. The molecule has 1 aromatic heterocycles. The zero-order chi connectivity index (χ0) is 9.26. The summed E-state index contributed by atoms with van der Waals surface area (Å²) in [4.78, 5) is 2.27. The van der Waals surface area contributed by atoms with E-state index in [1.54, 1.807) is 6.07 Å². The summed E-state index contributed by atoms with van der Waals surface area (Å²) in [5.74, 6) is 0.939. The molecular formula is C9H12ClN3. The van der Waals surface area contributed by atoms with Gasteiger partial charge in [0.05, 0.1) is 0 Å². The smallest absolute Gasteiger partial charge is 0.151 e. The van der Waals surface area contributed by atoms with Gasteiger partial charge in [0.25, 0.3) is 0 Å². The Kier molecular flexibility index (Phi) is 2.36. The molecule has 0 aromatic carbocycles. The van der Waals surface area contributed by atoms with E-state index in [-0.39, 0.29) is 0 Å². The van der Waals surface area contributed by atoms with Crippen molar-refractivity contribution in [1.29, 1.82) is 0 Å². The van der Waals surface area contributed by atoms with E-state index in [2.05, 4.69) is 22.0 Å². The molecule has 1 aliphatic carbocycles. The number of hydrogen-bond donors (Lipinski definition) is 0. The Morgan fingerprint density at radius 2 is 2.23 bits per heavy atom. The summed E-state index contributed by atoms with van der Waals surface area (Å²) < 4.78 is 0. The van der Waals surface area contributed by atoms with Crippen LogP contribution in [0.2, 0.25) is 5.15 Å². The largest absolute Gasteiger partial charge is 0.352 e. The minimum atomic E-state index is 0.454. The zero-order valence-electron chi connectivity index (χ0n) is 7.57. The van der Waals surface area contributed by atoms with Crippen molar-refractivity contribution in [1.82, 2.24) is 10.2 Å². The molecule has 1 aromatic rings. The molecule has 0 saturated heterocycles. The Morgan fingerprint density at radius 1 is 1.46 bits per heavy atom. The molecule has 1 saturated carbocycles. The van der Waals surface area contributed by atoms with E-state index < -0.39 is 0 Å². The fourth-order valence-corrected chi connectivity index (χ4v) is 1.56. The molecular weight excluding hydrogens is 186 g/mol. The number of halogens is 1. The maximum absolute atomic E-state index is 5.66. The maximum Gasteiger partial charge on any atom is 0.151 e. The van der Waals surface area contributed by atoms with Gasteiger partial charge >= 0.3 is 0 Å². The number of hydrogen-bond acceptors (Lipinski definition) is 3. The van der Waals surface area contributed by atoms with E-state index in [1.165, 1.54) is 12.8 Å². The normalized spacial score (nSPS) is 15.8. The lowest BCUT2D eigenvalue weighted by Gasteiger charge is -2.20. The highest BCUT2D eigenvalue weighted by atomic mass is 35.5. The lowest BCUT2D eigenvalue weighted by molar-refractivity contribution is 0.791. The van der Waals surface area contributed by atoms with E-state index in [0.717, 1.165) is 12.4 Å². The number of nitrogens with zero attached hydrogens (tertiary/aromatic N) is 3. The summed E-state index contributed by atoms with van der Waals surface area (Å²) in [6.07, 6.45) is 2.55. The van der Waals surface area contributed by atoms with Crippen LogP contribution >= 0.6 is 11.6 Å². The Labute approximate surface area is 82.7 Å². The Bertz CT molecular complexity index is 281. The van der Waals surface area contributed by atoms with Gasteiger partial charge in [-0.05, 0) is 31.9 Å². The molecule has 2 rings (SSSR count). The van der Waals surface area contributed by atoms with Gasteiger partial charge in [-0.3, -0.25) is 0 Å². The predicted octanol–water partition coefficient (Wildman–Crippen LogP) is 2.12. The lowest BCUT2D eigenvalue weighted by atomic mass is 10.4. The molecule has 0 unspecified atom stereocenters. The lowest BCUT2D eigenvalue weighted by Crippen LogP contribution is -2.26. The van der Waals surface area contributed by atoms with Crippen molar-refractivity contribution in [2.24, 2.45) is 0 Å². The van der Waals surface area contributed by atoms with Crippen LogP contribution in [0.5, 0.6) is 0 Å². The van der Waals surface area contributed by atoms with Crippen LogP contribution in [-0.4, -0.2) is 22.8 Å². The molecule has 0 N–H and O–H groups in total. The van der Waals surface area contributed by atoms with E-state index in [4.69, 9.17) is 11.6 Å². The van der Waals surface area contributed by atoms with Crippen LogP contribution in [0.1, 0.15) is 19.8 Å². The zero-order valence-corrected chi connectivity index (χ0v) is 8.33. The van der Waals surface area contributed by atoms with Gasteiger partial charge in [-0.2, -0.15) is 0 Å². The first-order valence-electron chi connectivity index (χ1n) is 4.57. The standard InChI is InChI=1S/C9H12ClN3/c1-2-13(7-3-4-7)9-6-5-8(10)11-12-9/h5-7H,2-4H2,1H3. The molecule has 13 heavy (non-hydrogen) atoms. The van der Waals surface area contributed by atoms with Gasteiger partial charge in [-0.1, -0.05) is 11.6 Å². The fourth-order valence-electron chi connectivity index (χ4n) is 1.46. The van der Waals surface area contributed by atoms with Gasteiger partial charge in [0.15, 0.2) is 11.0 Å². The summed E-state index contributed by atoms with van der Waals surface area (Å²) >= 11 is 5.66. The van der Waals surface area contributed by atoms with Crippen molar-refractivity contribution in [2.75, 3.05) is 11.4 Å². The third-order valence-corrected chi connectivity index (χ3v) is 2.44. The van der Waals surface area contributed by atoms with Gasteiger partial charge in [-0.15, -0.1) is 10.2 Å². The molecule has 1 fully saturated rings. The van der Waals surface area contributed by atoms with E-state index in [0.29, 0.717) is 11.2 Å². The maximum atomic E-state index is 5.66. The van der Waals surface area contributed by atoms with Crippen molar-refractivity contribution in [3.63, 3.8) is 0 Å². The minimum Gasteiger partial charge on any atom is -0.352 e. The summed E-state index contributed by atoms with van der Waals surface area (Å²) in [5.41, 5.74) is 0. The molecule has 70 valence electrons. The highest BCUT2D eigenvalue weighted by Gasteiger charge is 2.28. The fraction of sp³-hybridized carbons (Fsp3) is 0.556. The Balaban J connectivity index is 2.17. The van der Waals surface area contributed by atoms with Crippen molar-refractivity contribution in [2.45, 2.75) is 25.8 Å². The average Bonchev–Trinajstić information content (AvgIpc) is 2.93. The molecule has 0 aliphatic heterocycles. The molecule has 4 heteroatoms. The van der Waals surface area contributed by atoms with Crippen LogP contribution in [0.4, 0.5) is 5.82 Å². The van der Waals surface area contributed by atoms with Gasteiger partial charge in [0.2, 0.25) is 0 Å². The Morgan fingerprint density at radius 3 is 2.69 bits per heavy atom. The van der Waals surface area contributed by atoms with E-state index in [9.17, 15) is 0 Å². The first-order chi connectivity index (χ1) is 6.31. The van der Waals surface area contributed by atoms with Gasteiger partial charge in [-0.25, -0.2) is 0 Å². The molecule has 1 aliphatic rings. The minimum absolute atomic E-state index is 0.454. The van der Waals surface area contributed by atoms with Gasteiger partial charge < -0.3 is 4.90 Å². The predicted molar refractivity (Wildman–Crippen MR) is 53.1 cm³/mol. The summed E-state index contributed by atoms with van der Waals surface area (Å²) in [5, 5.41) is 8.34. The van der Waals surface area contributed by atoms with Crippen LogP contribution in [0.15, 0.2) is 12.1 Å². The van der Waals surface area contributed by atoms with Crippen LogP contribution in [-0.2, 0) is 0 Å². The molecule has 3 nitrogen and oxygen atoms in total. The Hall–Kier alpha value is -0.830. The monoisotopic (exact) mass is 197 g/mol. The third-order valence-electron chi connectivity index (χ3n) is 2.24. The van der Waals surface area contributed by atoms with Crippen molar-refractivity contribution >= 4 is 17.4 Å². The molecule has 1 heterocycles. The molecule has 0 amide bonds. The third kappa shape index (κ3) is 1.91. The molecule has 0 radical (unpaired) electrons. The van der Waals surface area contributed by atoms with Crippen LogP contribution in [0, 0.1) is 0 Å². The van der Waals surface area contributed by atoms with E-state index in [1.807, 2.05) is 6.07 Å². The van der Waals surface area contributed by atoms with Crippen LogP contribution in [0.25, 0.3) is 0 Å². The van der Waals surface area contributed by atoms with Crippen molar-refractivity contribution in [3.8, 4) is 0 Å². The van der Waals surface area contributed by atoms with Crippen LogP contribution < -0.4 is 4.90 Å². The highest BCUT2D eigenvalue weighted by molar-refractivity contribution is 6.29. The second kappa shape index (κ2) is 3.50. The summed E-state index contributed by atoms with van der Waals surface area (Å²) in [6, 6.07) is 4.40. The van der Waals surface area contributed by atoms with Gasteiger partial charge in [0.1, 0.15) is 0 Å². The summed E-state index contributed by atoms with van der Waals surface area (Å²) in [6.45, 7) is 3.12. The number of rotatable bonds is 3. The molecule has 0 atom stereocenters. The molecule has 0 spiro atoms. The number of anilines is 1. The first kappa shape index (κ1) is 8.75. The SMILES string of the molecule is CCN(c1ccc(Cl)nn1)C1CC1.